The zero-order valence-electron chi connectivity index (χ0n) is 13.3. The highest BCUT2D eigenvalue weighted by molar-refractivity contribution is 9.10. The molecule has 0 aliphatic heterocycles. The summed E-state index contributed by atoms with van der Waals surface area (Å²) in [5, 5.41) is 14.8. The summed E-state index contributed by atoms with van der Waals surface area (Å²) in [5.41, 5.74) is 1.26. The highest BCUT2D eigenvalue weighted by atomic mass is 79.9. The van der Waals surface area contributed by atoms with Gasteiger partial charge in [0.15, 0.2) is 0 Å². The Morgan fingerprint density at radius 3 is 2.96 bits per heavy atom. The molecular formula is C17H22BrN3O2. The fourth-order valence-electron chi connectivity index (χ4n) is 1.85. The van der Waals surface area contributed by atoms with E-state index < -0.39 is 0 Å². The van der Waals surface area contributed by atoms with E-state index in [-0.39, 0.29) is 11.5 Å². The average molecular weight is 380 g/mol. The molecule has 1 aromatic rings. The maximum atomic E-state index is 11.8. The van der Waals surface area contributed by atoms with Gasteiger partial charge in [0.1, 0.15) is 11.6 Å². The van der Waals surface area contributed by atoms with E-state index in [9.17, 15) is 4.79 Å². The lowest BCUT2D eigenvalue weighted by molar-refractivity contribution is -0.117. The summed E-state index contributed by atoms with van der Waals surface area (Å²) in [5.74, 6) is -0.362. The van der Waals surface area contributed by atoms with E-state index >= 15 is 0 Å². The van der Waals surface area contributed by atoms with Crippen LogP contribution in [0.25, 0.3) is 0 Å². The second-order valence-corrected chi connectivity index (χ2v) is 5.73. The van der Waals surface area contributed by atoms with Crippen LogP contribution in [0.15, 0.2) is 40.5 Å². The summed E-state index contributed by atoms with van der Waals surface area (Å²) >= 11 is 3.43. The first kappa shape index (κ1) is 19.2. The molecule has 1 rings (SSSR count). The third-order valence-corrected chi connectivity index (χ3v) is 3.51. The molecule has 0 fully saturated rings. The molecule has 5 nitrogen and oxygen atoms in total. The van der Waals surface area contributed by atoms with E-state index in [0.717, 1.165) is 17.3 Å². The molecule has 0 aromatic heterocycles. The molecule has 0 radical (unpaired) electrons. The molecule has 0 atom stereocenters. The highest BCUT2D eigenvalue weighted by Gasteiger charge is 2.07. The minimum absolute atomic E-state index is 0.0793. The van der Waals surface area contributed by atoms with Gasteiger partial charge in [0.2, 0.25) is 0 Å². The van der Waals surface area contributed by atoms with Crippen molar-refractivity contribution in [3.05, 3.63) is 46.1 Å². The maximum Gasteiger partial charge on any atom is 0.263 e. The lowest BCUT2D eigenvalue weighted by atomic mass is 10.1. The van der Waals surface area contributed by atoms with Crippen LogP contribution < -0.4 is 10.6 Å². The van der Waals surface area contributed by atoms with Crippen molar-refractivity contribution in [2.45, 2.75) is 19.8 Å². The van der Waals surface area contributed by atoms with Crippen molar-refractivity contribution < 1.29 is 9.53 Å². The van der Waals surface area contributed by atoms with Crippen molar-refractivity contribution in [1.82, 2.24) is 10.6 Å². The van der Waals surface area contributed by atoms with Gasteiger partial charge in [-0.3, -0.25) is 4.79 Å². The number of hydrogen-bond acceptors (Lipinski definition) is 4. The minimum Gasteiger partial charge on any atom is -0.389 e. The fourth-order valence-corrected chi connectivity index (χ4v) is 2.29. The first-order valence-electron chi connectivity index (χ1n) is 7.61. The summed E-state index contributed by atoms with van der Waals surface area (Å²) in [6.45, 7) is 4.34. The third-order valence-electron chi connectivity index (χ3n) is 3.01. The van der Waals surface area contributed by atoms with Crippen molar-refractivity contribution in [2.75, 3.05) is 26.3 Å². The quantitative estimate of drug-likeness (QED) is 0.372. The van der Waals surface area contributed by atoms with Crippen LogP contribution in [0.4, 0.5) is 0 Å². The van der Waals surface area contributed by atoms with Gasteiger partial charge in [-0.2, -0.15) is 5.26 Å². The van der Waals surface area contributed by atoms with Crippen LogP contribution in [0.5, 0.6) is 0 Å². The number of nitrogens with one attached hydrogen (secondary N) is 2. The number of hydrogen-bond donors (Lipinski definition) is 2. The van der Waals surface area contributed by atoms with E-state index in [0.29, 0.717) is 26.3 Å². The molecule has 2 N–H and O–H groups in total. The lowest BCUT2D eigenvalue weighted by Crippen LogP contribution is -2.27. The molecule has 0 unspecified atom stereocenters. The van der Waals surface area contributed by atoms with Gasteiger partial charge in [-0.25, -0.2) is 0 Å². The number of nitrogens with zero attached hydrogens (tertiary/aromatic N) is 1. The van der Waals surface area contributed by atoms with Crippen molar-refractivity contribution in [3.63, 3.8) is 0 Å². The van der Waals surface area contributed by atoms with Gasteiger partial charge in [-0.1, -0.05) is 28.1 Å². The molecule has 0 bridgehead atoms. The first-order chi connectivity index (χ1) is 11.2. The summed E-state index contributed by atoms with van der Waals surface area (Å²) in [6.07, 6.45) is 3.01. The van der Waals surface area contributed by atoms with Gasteiger partial charge in [0, 0.05) is 37.0 Å². The van der Waals surface area contributed by atoms with Gasteiger partial charge in [0.05, 0.1) is 0 Å². The largest absolute Gasteiger partial charge is 0.389 e. The molecule has 6 heteroatoms. The Labute approximate surface area is 145 Å². The predicted molar refractivity (Wildman–Crippen MR) is 93.7 cm³/mol. The fraction of sp³-hybridized carbons (Fsp3) is 0.412. The summed E-state index contributed by atoms with van der Waals surface area (Å²) in [4.78, 5) is 11.8. The monoisotopic (exact) mass is 379 g/mol. The molecule has 124 valence electrons. The van der Waals surface area contributed by atoms with E-state index in [1.165, 1.54) is 11.8 Å². The average Bonchev–Trinajstić information content (AvgIpc) is 2.54. The molecule has 0 saturated carbocycles. The molecule has 0 heterocycles. The van der Waals surface area contributed by atoms with Crippen LogP contribution in [-0.2, 0) is 16.0 Å². The van der Waals surface area contributed by atoms with E-state index in [1.807, 2.05) is 37.3 Å². The Balaban J connectivity index is 2.31. The number of nitriles is 1. The van der Waals surface area contributed by atoms with Gasteiger partial charge >= 0.3 is 0 Å². The van der Waals surface area contributed by atoms with Crippen LogP contribution in [0, 0.1) is 11.3 Å². The number of halogens is 1. The maximum absolute atomic E-state index is 11.8. The summed E-state index contributed by atoms with van der Waals surface area (Å²) < 4.78 is 6.22. The molecular weight excluding hydrogens is 358 g/mol. The normalized spacial score (nSPS) is 10.9. The second kappa shape index (κ2) is 11.7. The molecule has 1 amide bonds. The molecule has 1 aromatic carbocycles. The van der Waals surface area contributed by atoms with Crippen LogP contribution in [-0.4, -0.2) is 32.2 Å². The van der Waals surface area contributed by atoms with Crippen molar-refractivity contribution in [2.24, 2.45) is 0 Å². The highest BCUT2D eigenvalue weighted by Crippen LogP contribution is 2.11. The van der Waals surface area contributed by atoms with Gasteiger partial charge < -0.3 is 15.4 Å². The Kier molecular flexibility index (Phi) is 9.76. The Morgan fingerprint density at radius 1 is 1.43 bits per heavy atom. The number of ether oxygens (including phenoxy) is 1. The van der Waals surface area contributed by atoms with Crippen LogP contribution in [0.2, 0.25) is 0 Å². The van der Waals surface area contributed by atoms with E-state index in [1.54, 1.807) is 0 Å². The predicted octanol–water partition coefficient (Wildman–Crippen LogP) is 2.53. The molecule has 0 aliphatic rings. The smallest absolute Gasteiger partial charge is 0.263 e. The van der Waals surface area contributed by atoms with Gasteiger partial charge in [-0.15, -0.1) is 0 Å². The topological polar surface area (TPSA) is 74.1 Å². The Hall–Kier alpha value is -1.84. The van der Waals surface area contributed by atoms with Crippen molar-refractivity contribution in [1.29, 1.82) is 5.26 Å². The van der Waals surface area contributed by atoms with E-state index in [2.05, 4.69) is 26.6 Å². The first-order valence-corrected chi connectivity index (χ1v) is 8.40. The van der Waals surface area contributed by atoms with Gasteiger partial charge in [0.25, 0.3) is 5.91 Å². The number of benzene rings is 1. The van der Waals surface area contributed by atoms with Crippen LogP contribution in [0.3, 0.4) is 0 Å². The minimum atomic E-state index is -0.362. The SMILES string of the molecule is CCOCCCNC(=O)/C(C#N)=C\NCCc1cccc(Br)c1. The Morgan fingerprint density at radius 2 is 2.26 bits per heavy atom. The number of carbonyl (C=O) groups excluding carboxylic acids is 1. The number of carbonyl (C=O) groups is 1. The standard InChI is InChI=1S/C17H22BrN3O2/c1-2-23-10-4-8-21-17(22)15(12-19)13-20-9-7-14-5-3-6-16(18)11-14/h3,5-6,11,13,20H,2,4,7-10H2,1H3,(H,21,22)/b15-13-. The van der Waals surface area contributed by atoms with Gasteiger partial charge in [-0.05, 0) is 37.5 Å². The summed E-state index contributed by atoms with van der Waals surface area (Å²) in [6, 6.07) is 9.94. The summed E-state index contributed by atoms with van der Waals surface area (Å²) in [7, 11) is 0. The van der Waals surface area contributed by atoms with Crippen molar-refractivity contribution >= 4 is 21.8 Å². The second-order valence-electron chi connectivity index (χ2n) is 4.81. The molecule has 0 aliphatic carbocycles. The number of amides is 1. The molecule has 0 spiro atoms. The zero-order chi connectivity index (χ0) is 16.9. The lowest BCUT2D eigenvalue weighted by Gasteiger charge is -2.06. The van der Waals surface area contributed by atoms with Crippen LogP contribution in [0.1, 0.15) is 18.9 Å². The Bertz CT molecular complexity index is 567. The van der Waals surface area contributed by atoms with Crippen LogP contribution >= 0.6 is 15.9 Å². The van der Waals surface area contributed by atoms with Crippen molar-refractivity contribution in [3.8, 4) is 6.07 Å². The third kappa shape index (κ3) is 8.38. The zero-order valence-corrected chi connectivity index (χ0v) is 14.9. The molecule has 0 saturated heterocycles. The molecule has 23 heavy (non-hydrogen) atoms. The number of rotatable bonds is 10. The van der Waals surface area contributed by atoms with E-state index in [4.69, 9.17) is 10.00 Å².